The molecule has 0 spiro atoms. The normalized spacial score (nSPS) is 10.2. The third-order valence-electron chi connectivity index (χ3n) is 2.36. The smallest absolute Gasteiger partial charge is 0.343 e. The number of aryl methyl sites for hydroxylation is 1. The third-order valence-corrected chi connectivity index (χ3v) is 3.09. The molecule has 0 saturated heterocycles. The van der Waals surface area contributed by atoms with Crippen molar-refractivity contribution < 1.29 is 9.53 Å². The monoisotopic (exact) mass is 280 g/mol. The lowest BCUT2D eigenvalue weighted by Crippen LogP contribution is -2.08. The molecule has 0 radical (unpaired) electrons. The van der Waals surface area contributed by atoms with Gasteiger partial charge in [-0.05, 0) is 31.2 Å². The van der Waals surface area contributed by atoms with Crippen molar-refractivity contribution in [2.45, 2.75) is 6.92 Å². The zero-order chi connectivity index (χ0) is 13.1. The molecule has 0 amide bonds. The summed E-state index contributed by atoms with van der Waals surface area (Å²) in [6, 6.07) is 11.9. The minimum atomic E-state index is -0.419. The summed E-state index contributed by atoms with van der Waals surface area (Å²) >= 11 is 11.6. The Kier molecular flexibility index (Phi) is 3.90. The Morgan fingerprint density at radius 2 is 1.83 bits per heavy atom. The van der Waals surface area contributed by atoms with Crippen LogP contribution in [0.4, 0.5) is 0 Å². The van der Waals surface area contributed by atoms with Crippen LogP contribution in [0.5, 0.6) is 5.75 Å². The van der Waals surface area contributed by atoms with Crippen LogP contribution in [0.15, 0.2) is 42.5 Å². The molecule has 0 aliphatic rings. The number of benzene rings is 2. The summed E-state index contributed by atoms with van der Waals surface area (Å²) in [5, 5.41) is 0.776. The highest BCUT2D eigenvalue weighted by Gasteiger charge is 2.09. The molecule has 0 aromatic heterocycles. The summed E-state index contributed by atoms with van der Waals surface area (Å²) < 4.78 is 5.21. The molecule has 18 heavy (non-hydrogen) atoms. The lowest BCUT2D eigenvalue weighted by molar-refractivity contribution is 0.0734. The molecule has 2 nitrogen and oxygen atoms in total. The van der Waals surface area contributed by atoms with Crippen molar-refractivity contribution in [2.24, 2.45) is 0 Å². The van der Waals surface area contributed by atoms with Gasteiger partial charge in [0.2, 0.25) is 0 Å². The first-order valence-electron chi connectivity index (χ1n) is 5.30. The summed E-state index contributed by atoms with van der Waals surface area (Å²) in [5.41, 5.74) is 1.50. The zero-order valence-corrected chi connectivity index (χ0v) is 11.1. The first kappa shape index (κ1) is 12.9. The molecule has 2 aromatic rings. The molecule has 0 N–H and O–H groups in total. The van der Waals surface area contributed by atoms with E-state index in [1.165, 1.54) is 6.07 Å². The Labute approximate surface area is 115 Å². The van der Waals surface area contributed by atoms with E-state index in [0.717, 1.165) is 5.56 Å². The average Bonchev–Trinajstić information content (AvgIpc) is 2.34. The lowest BCUT2D eigenvalue weighted by Gasteiger charge is -2.05. The first-order valence-corrected chi connectivity index (χ1v) is 6.06. The van der Waals surface area contributed by atoms with Crippen molar-refractivity contribution in [1.29, 1.82) is 0 Å². The van der Waals surface area contributed by atoms with Gasteiger partial charge in [0.05, 0.1) is 15.6 Å². The van der Waals surface area contributed by atoms with Gasteiger partial charge in [-0.2, -0.15) is 0 Å². The molecule has 0 bridgehead atoms. The molecule has 2 aromatic carbocycles. The van der Waals surface area contributed by atoms with Crippen LogP contribution < -0.4 is 4.74 Å². The highest BCUT2D eigenvalue weighted by molar-refractivity contribution is 6.42. The largest absolute Gasteiger partial charge is 0.423 e. The van der Waals surface area contributed by atoms with E-state index in [4.69, 9.17) is 27.9 Å². The van der Waals surface area contributed by atoms with Crippen LogP contribution in [-0.4, -0.2) is 5.97 Å². The molecule has 92 valence electrons. The van der Waals surface area contributed by atoms with Gasteiger partial charge < -0.3 is 4.74 Å². The van der Waals surface area contributed by atoms with E-state index in [-0.39, 0.29) is 0 Å². The first-order chi connectivity index (χ1) is 8.56. The van der Waals surface area contributed by atoms with Crippen molar-refractivity contribution in [2.75, 3.05) is 0 Å². The number of ether oxygens (including phenoxy) is 1. The molecule has 0 heterocycles. The van der Waals surface area contributed by atoms with E-state index in [1.54, 1.807) is 30.3 Å². The molecule has 4 heteroatoms. The second-order valence-corrected chi connectivity index (χ2v) is 4.65. The summed E-state index contributed by atoms with van der Waals surface area (Å²) in [5.74, 6) is -0.0482. The van der Waals surface area contributed by atoms with Gasteiger partial charge in [-0.1, -0.05) is 40.9 Å². The van der Waals surface area contributed by atoms with Gasteiger partial charge in [-0.3, -0.25) is 0 Å². The van der Waals surface area contributed by atoms with Crippen molar-refractivity contribution in [1.82, 2.24) is 0 Å². The van der Waals surface area contributed by atoms with E-state index < -0.39 is 5.97 Å². The molecule has 0 saturated carbocycles. The minimum absolute atomic E-state index is 0.353. The SMILES string of the molecule is Cc1cccc(C(=O)Oc2ccc(Cl)c(Cl)c2)c1. The predicted molar refractivity (Wildman–Crippen MR) is 72.6 cm³/mol. The van der Waals surface area contributed by atoms with Crippen LogP contribution in [0.25, 0.3) is 0 Å². The fraction of sp³-hybridized carbons (Fsp3) is 0.0714. The van der Waals surface area contributed by atoms with Crippen LogP contribution in [0.3, 0.4) is 0 Å². The van der Waals surface area contributed by atoms with Gasteiger partial charge in [0.1, 0.15) is 5.75 Å². The molecule has 0 unspecified atom stereocenters. The maximum atomic E-state index is 11.9. The quantitative estimate of drug-likeness (QED) is 0.597. The van der Waals surface area contributed by atoms with Gasteiger partial charge in [0, 0.05) is 6.07 Å². The molecular weight excluding hydrogens is 271 g/mol. The topological polar surface area (TPSA) is 26.3 Å². The molecule has 0 aliphatic heterocycles. The average molecular weight is 281 g/mol. The zero-order valence-electron chi connectivity index (χ0n) is 9.61. The number of carbonyl (C=O) groups is 1. The van der Waals surface area contributed by atoms with Crippen LogP contribution >= 0.6 is 23.2 Å². The molecule has 0 atom stereocenters. The summed E-state index contributed by atoms with van der Waals surface area (Å²) in [4.78, 5) is 11.9. The maximum Gasteiger partial charge on any atom is 0.343 e. The summed E-state index contributed by atoms with van der Waals surface area (Å²) in [7, 11) is 0. The second-order valence-electron chi connectivity index (χ2n) is 3.83. The Morgan fingerprint density at radius 3 is 2.50 bits per heavy atom. The lowest BCUT2D eigenvalue weighted by atomic mass is 10.1. The van der Waals surface area contributed by atoms with Gasteiger partial charge in [0.15, 0.2) is 0 Å². The number of hydrogen-bond acceptors (Lipinski definition) is 2. The van der Waals surface area contributed by atoms with E-state index in [0.29, 0.717) is 21.4 Å². The number of halogens is 2. The van der Waals surface area contributed by atoms with E-state index in [2.05, 4.69) is 0 Å². The Balaban J connectivity index is 2.18. The van der Waals surface area contributed by atoms with Crippen molar-refractivity contribution >= 4 is 29.2 Å². The van der Waals surface area contributed by atoms with E-state index >= 15 is 0 Å². The Bertz CT molecular complexity index is 594. The fourth-order valence-corrected chi connectivity index (χ4v) is 1.77. The standard InChI is InChI=1S/C14H10Cl2O2/c1-9-3-2-4-10(7-9)14(17)18-11-5-6-12(15)13(16)8-11/h2-8H,1H3. The Hall–Kier alpha value is -1.51. The molecule has 0 aliphatic carbocycles. The van der Waals surface area contributed by atoms with E-state index in [1.807, 2.05) is 13.0 Å². The number of hydrogen-bond donors (Lipinski definition) is 0. The number of carbonyl (C=O) groups excluding carboxylic acids is 1. The van der Waals surface area contributed by atoms with Crippen molar-refractivity contribution in [3.8, 4) is 5.75 Å². The van der Waals surface area contributed by atoms with E-state index in [9.17, 15) is 4.79 Å². The van der Waals surface area contributed by atoms with Gasteiger partial charge in [-0.15, -0.1) is 0 Å². The molecule has 2 rings (SSSR count). The van der Waals surface area contributed by atoms with Crippen LogP contribution in [-0.2, 0) is 0 Å². The second kappa shape index (κ2) is 5.42. The van der Waals surface area contributed by atoms with Crippen molar-refractivity contribution in [3.63, 3.8) is 0 Å². The minimum Gasteiger partial charge on any atom is -0.423 e. The van der Waals surface area contributed by atoms with Crippen molar-refractivity contribution in [3.05, 3.63) is 63.6 Å². The highest BCUT2D eigenvalue weighted by Crippen LogP contribution is 2.26. The van der Waals surface area contributed by atoms with Crippen LogP contribution in [0, 0.1) is 6.92 Å². The number of rotatable bonds is 2. The highest BCUT2D eigenvalue weighted by atomic mass is 35.5. The van der Waals surface area contributed by atoms with Gasteiger partial charge in [-0.25, -0.2) is 4.79 Å². The number of esters is 1. The van der Waals surface area contributed by atoms with Crippen LogP contribution in [0.2, 0.25) is 10.0 Å². The van der Waals surface area contributed by atoms with Gasteiger partial charge in [0.25, 0.3) is 0 Å². The third kappa shape index (κ3) is 3.03. The fourth-order valence-electron chi connectivity index (χ4n) is 1.48. The predicted octanol–water partition coefficient (Wildman–Crippen LogP) is 4.52. The van der Waals surface area contributed by atoms with Gasteiger partial charge >= 0.3 is 5.97 Å². The summed E-state index contributed by atoms with van der Waals surface area (Å²) in [6.07, 6.45) is 0. The summed E-state index contributed by atoms with van der Waals surface area (Å²) in [6.45, 7) is 1.91. The molecule has 0 fully saturated rings. The Morgan fingerprint density at radius 1 is 1.06 bits per heavy atom. The molecular formula is C14H10Cl2O2. The van der Waals surface area contributed by atoms with Crippen LogP contribution in [0.1, 0.15) is 15.9 Å². The maximum absolute atomic E-state index is 11.9.